The van der Waals surface area contributed by atoms with Crippen molar-refractivity contribution in [3.05, 3.63) is 24.3 Å². The van der Waals surface area contributed by atoms with Crippen LogP contribution in [0.15, 0.2) is 18.6 Å². The first kappa shape index (κ1) is 29.2. The molecule has 34 heavy (non-hydrogen) atoms. The molecule has 0 aromatic carbocycles. The Morgan fingerprint density at radius 3 is 1.97 bits per heavy atom. The number of unbranched alkanes of at least 4 members (excludes halogenated alkanes) is 1. The summed E-state index contributed by atoms with van der Waals surface area (Å²) < 4.78 is 12.5. The van der Waals surface area contributed by atoms with Gasteiger partial charge in [0, 0.05) is 19.3 Å². The summed E-state index contributed by atoms with van der Waals surface area (Å²) >= 11 is 0. The largest absolute Gasteiger partial charge is 0.478 e. The molecule has 1 aromatic heterocycles. The number of ether oxygens (including phenoxy) is 2. The number of aliphatic carboxylic acids is 1. The molecule has 192 valence electrons. The molecule has 1 N–H and O–H groups in total. The van der Waals surface area contributed by atoms with Crippen LogP contribution >= 0.6 is 0 Å². The van der Waals surface area contributed by atoms with Crippen LogP contribution in [0.25, 0.3) is 5.57 Å². The first-order valence-electron chi connectivity index (χ1n) is 11.6. The number of aromatic nitrogens is 2. The highest BCUT2D eigenvalue weighted by molar-refractivity contribution is 6.14. The SMILES string of the molecule is CC(C)(C)CCn1cnc(C(=CCCCN(C(=O)OC(C)(C)C)C(=O)OC(C)(C)C)C(=O)O)c1. The van der Waals surface area contributed by atoms with E-state index in [2.05, 4.69) is 25.8 Å². The average molecular weight is 480 g/mol. The Morgan fingerprint density at radius 1 is 1.00 bits per heavy atom. The van der Waals surface area contributed by atoms with Crippen molar-refractivity contribution >= 4 is 23.7 Å². The van der Waals surface area contributed by atoms with Crippen molar-refractivity contribution in [2.45, 2.75) is 99.3 Å². The number of imidazole rings is 1. The quantitative estimate of drug-likeness (QED) is 0.374. The molecule has 1 rings (SSSR count). The van der Waals surface area contributed by atoms with Crippen LogP contribution in [0.1, 0.15) is 87.3 Å². The monoisotopic (exact) mass is 479 g/mol. The third-order valence-electron chi connectivity index (χ3n) is 4.42. The van der Waals surface area contributed by atoms with E-state index < -0.39 is 29.4 Å². The van der Waals surface area contributed by atoms with Gasteiger partial charge in [0.2, 0.25) is 0 Å². The van der Waals surface area contributed by atoms with E-state index in [0.29, 0.717) is 18.5 Å². The molecule has 0 saturated carbocycles. The highest BCUT2D eigenvalue weighted by atomic mass is 16.6. The lowest BCUT2D eigenvalue weighted by molar-refractivity contribution is -0.130. The minimum atomic E-state index is -1.09. The van der Waals surface area contributed by atoms with Crippen molar-refractivity contribution in [1.82, 2.24) is 14.5 Å². The summed E-state index contributed by atoms with van der Waals surface area (Å²) in [7, 11) is 0. The number of allylic oxidation sites excluding steroid dienone is 1. The molecule has 1 heterocycles. The van der Waals surface area contributed by atoms with Crippen LogP contribution in [-0.4, -0.2) is 55.5 Å². The van der Waals surface area contributed by atoms with E-state index in [4.69, 9.17) is 9.47 Å². The van der Waals surface area contributed by atoms with E-state index >= 15 is 0 Å². The van der Waals surface area contributed by atoms with E-state index in [1.165, 1.54) is 0 Å². The minimum absolute atomic E-state index is 0.0211. The van der Waals surface area contributed by atoms with Crippen molar-refractivity contribution in [2.24, 2.45) is 5.41 Å². The molecule has 0 atom stereocenters. The van der Waals surface area contributed by atoms with E-state index in [1.807, 2.05) is 4.57 Å². The second-order valence-corrected chi connectivity index (χ2v) is 11.5. The van der Waals surface area contributed by atoms with Crippen LogP contribution in [-0.2, 0) is 20.8 Å². The topological polar surface area (TPSA) is 111 Å². The molecule has 9 nitrogen and oxygen atoms in total. The Kier molecular flexibility index (Phi) is 9.90. The van der Waals surface area contributed by atoms with Crippen molar-refractivity contribution < 1.29 is 29.0 Å². The molecule has 0 aliphatic heterocycles. The van der Waals surface area contributed by atoms with Crippen molar-refractivity contribution in [2.75, 3.05) is 6.54 Å². The molecule has 0 aliphatic carbocycles. The second-order valence-electron chi connectivity index (χ2n) is 11.5. The fourth-order valence-corrected chi connectivity index (χ4v) is 2.77. The maximum atomic E-state index is 12.6. The Bertz CT molecular complexity index is 854. The van der Waals surface area contributed by atoms with Gasteiger partial charge in [0.25, 0.3) is 0 Å². The summed E-state index contributed by atoms with van der Waals surface area (Å²) in [5, 5.41) is 9.66. The van der Waals surface area contributed by atoms with Gasteiger partial charge in [-0.05, 0) is 66.2 Å². The predicted molar refractivity (Wildman–Crippen MR) is 130 cm³/mol. The zero-order valence-electron chi connectivity index (χ0n) is 22.1. The number of amides is 2. The fourth-order valence-electron chi connectivity index (χ4n) is 2.77. The standard InChI is InChI=1S/C25H41N3O6/c1-23(2,3)13-15-27-16-19(26-17-27)18(20(29)30)12-10-11-14-28(21(31)33-24(4,5)6)22(32)34-25(7,8)9/h12,16-17H,10-11,13-15H2,1-9H3,(H,29,30). The molecule has 2 amide bonds. The van der Waals surface area contributed by atoms with Gasteiger partial charge in [-0.2, -0.15) is 0 Å². The lowest BCUT2D eigenvalue weighted by Gasteiger charge is -2.28. The van der Waals surface area contributed by atoms with Crippen LogP contribution in [0.5, 0.6) is 0 Å². The predicted octanol–water partition coefficient (Wildman–Crippen LogP) is 5.74. The van der Waals surface area contributed by atoms with Crippen molar-refractivity contribution in [3.63, 3.8) is 0 Å². The Labute approximate surface area is 203 Å². The van der Waals surface area contributed by atoms with Gasteiger partial charge in [0.1, 0.15) is 11.2 Å². The molecule has 0 spiro atoms. The summed E-state index contributed by atoms with van der Waals surface area (Å²) in [6.07, 6.45) is 4.88. The maximum absolute atomic E-state index is 12.6. The summed E-state index contributed by atoms with van der Waals surface area (Å²) in [5.41, 5.74) is -0.948. The number of aryl methyl sites for hydroxylation is 1. The fraction of sp³-hybridized carbons (Fsp3) is 0.680. The first-order chi connectivity index (χ1) is 15.4. The van der Waals surface area contributed by atoms with E-state index in [-0.39, 0.29) is 17.5 Å². The summed E-state index contributed by atoms with van der Waals surface area (Å²) in [6.45, 7) is 17.4. The van der Waals surface area contributed by atoms with Gasteiger partial charge in [-0.3, -0.25) is 0 Å². The number of nitrogens with zero attached hydrogens (tertiary/aromatic N) is 3. The lowest BCUT2D eigenvalue weighted by Crippen LogP contribution is -2.44. The molecule has 0 saturated heterocycles. The van der Waals surface area contributed by atoms with Crippen molar-refractivity contribution in [1.29, 1.82) is 0 Å². The number of rotatable bonds is 8. The highest BCUT2D eigenvalue weighted by Crippen LogP contribution is 2.21. The van der Waals surface area contributed by atoms with Gasteiger partial charge in [0.05, 0.1) is 17.6 Å². The maximum Gasteiger partial charge on any atom is 0.419 e. The van der Waals surface area contributed by atoms with Gasteiger partial charge in [-0.25, -0.2) is 24.3 Å². The van der Waals surface area contributed by atoms with E-state index in [1.54, 1.807) is 60.1 Å². The van der Waals surface area contributed by atoms with E-state index in [0.717, 1.165) is 17.9 Å². The number of carbonyl (C=O) groups excluding carboxylic acids is 2. The van der Waals surface area contributed by atoms with Crippen LogP contribution in [0.3, 0.4) is 0 Å². The zero-order chi connectivity index (χ0) is 26.3. The van der Waals surface area contributed by atoms with Gasteiger partial charge in [0.15, 0.2) is 0 Å². The molecular formula is C25H41N3O6. The van der Waals surface area contributed by atoms with E-state index in [9.17, 15) is 19.5 Å². The highest BCUT2D eigenvalue weighted by Gasteiger charge is 2.30. The lowest BCUT2D eigenvalue weighted by atomic mass is 9.92. The van der Waals surface area contributed by atoms with Crippen LogP contribution < -0.4 is 0 Å². The molecule has 9 heteroatoms. The van der Waals surface area contributed by atoms with Gasteiger partial charge >= 0.3 is 18.2 Å². The minimum Gasteiger partial charge on any atom is -0.478 e. The van der Waals surface area contributed by atoms with Crippen LogP contribution in [0.4, 0.5) is 9.59 Å². The Balaban J connectivity index is 2.89. The van der Waals surface area contributed by atoms with Gasteiger partial charge < -0.3 is 19.1 Å². The molecular weight excluding hydrogens is 438 g/mol. The molecule has 1 aromatic rings. The third-order valence-corrected chi connectivity index (χ3v) is 4.42. The average Bonchev–Trinajstić information content (AvgIpc) is 3.07. The molecule has 0 bridgehead atoms. The smallest absolute Gasteiger partial charge is 0.419 e. The summed E-state index contributed by atoms with van der Waals surface area (Å²) in [5.74, 6) is -1.09. The van der Waals surface area contributed by atoms with Gasteiger partial charge in [-0.15, -0.1) is 0 Å². The first-order valence-corrected chi connectivity index (χ1v) is 11.6. The second kappa shape index (κ2) is 11.5. The number of hydrogen-bond donors (Lipinski definition) is 1. The number of carbonyl (C=O) groups is 3. The summed E-state index contributed by atoms with van der Waals surface area (Å²) in [4.78, 5) is 42.1. The Hall–Kier alpha value is -2.84. The molecule has 0 unspecified atom stereocenters. The third kappa shape index (κ3) is 11.3. The number of hydrogen-bond acceptors (Lipinski definition) is 6. The van der Waals surface area contributed by atoms with Crippen molar-refractivity contribution in [3.8, 4) is 0 Å². The van der Waals surface area contributed by atoms with Gasteiger partial charge in [-0.1, -0.05) is 26.8 Å². The number of carboxylic acids is 1. The number of imide groups is 1. The molecule has 0 radical (unpaired) electrons. The number of carboxylic acid groups (broad SMARTS) is 1. The molecule has 0 aliphatic rings. The molecule has 0 fully saturated rings. The summed E-state index contributed by atoms with van der Waals surface area (Å²) in [6, 6.07) is 0. The Morgan fingerprint density at radius 2 is 1.53 bits per heavy atom. The normalized spacial score (nSPS) is 12.9. The van der Waals surface area contributed by atoms with Crippen LogP contribution in [0, 0.1) is 5.41 Å². The van der Waals surface area contributed by atoms with Crippen LogP contribution in [0.2, 0.25) is 0 Å². The zero-order valence-corrected chi connectivity index (χ0v) is 22.1.